The molecule has 0 rings (SSSR count). The van der Waals surface area contributed by atoms with E-state index in [1.807, 2.05) is 0 Å². The second kappa shape index (κ2) is 5.62. The summed E-state index contributed by atoms with van der Waals surface area (Å²) in [6.45, 7) is 7.20. The van der Waals surface area contributed by atoms with Gasteiger partial charge >= 0.3 is 0 Å². The first-order chi connectivity index (χ1) is 4.42. The topological polar surface area (TPSA) is 0 Å². The molecule has 68 valence electrons. The molecule has 0 aromatic carbocycles. The molecule has 0 heterocycles. The van der Waals surface area contributed by atoms with Crippen molar-refractivity contribution in [3.05, 3.63) is 12.2 Å². The quantitative estimate of drug-likeness (QED) is 0.384. The molecule has 0 N–H and O–H groups in total. The summed E-state index contributed by atoms with van der Waals surface area (Å²) in [5, 5.41) is 0. The van der Waals surface area contributed by atoms with Gasteiger partial charge in [-0.1, -0.05) is 5.57 Å². The van der Waals surface area contributed by atoms with Crippen LogP contribution < -0.4 is 12.4 Å². The highest BCUT2D eigenvalue weighted by Gasteiger charge is 2.04. The van der Waals surface area contributed by atoms with Crippen LogP contribution in [0.2, 0.25) is 0 Å². The summed E-state index contributed by atoms with van der Waals surface area (Å²) in [5.41, 5.74) is 1.30. The summed E-state index contributed by atoms with van der Waals surface area (Å²) < 4.78 is 1.06. The van der Waals surface area contributed by atoms with Crippen molar-refractivity contribution in [3.8, 4) is 0 Å². The minimum atomic E-state index is 0. The van der Waals surface area contributed by atoms with Gasteiger partial charge in [0.25, 0.3) is 0 Å². The first-order valence-corrected chi connectivity index (χ1v) is 3.86. The highest BCUT2D eigenvalue weighted by Crippen LogP contribution is 2.03. The summed E-state index contributed by atoms with van der Waals surface area (Å²) in [4.78, 5) is 0. The number of allylic oxidation sites excluding steroid dienone is 1. The number of rotatable bonds is 4. The molecule has 0 saturated carbocycles. The standard InChI is InChI=1S/C9H20N.ClH/c1-9(2)7-6-8-10(3,4)5;/h1,6-8H2,2-5H3;1H/q+1;/p-1. The molecule has 0 amide bonds. The third-order valence-corrected chi connectivity index (χ3v) is 1.43. The fourth-order valence-electron chi connectivity index (χ4n) is 0.855. The van der Waals surface area contributed by atoms with E-state index in [0.29, 0.717) is 0 Å². The number of hydrogen-bond donors (Lipinski definition) is 0. The Morgan fingerprint density at radius 3 is 2.00 bits per heavy atom. The summed E-state index contributed by atoms with van der Waals surface area (Å²) in [6.07, 6.45) is 2.44. The molecule has 0 atom stereocenters. The van der Waals surface area contributed by atoms with Crippen LogP contribution in [0.4, 0.5) is 0 Å². The highest BCUT2D eigenvalue weighted by molar-refractivity contribution is 4.86. The monoisotopic (exact) mass is 177 g/mol. The third kappa shape index (κ3) is 13.1. The average Bonchev–Trinajstić information content (AvgIpc) is 1.59. The SMILES string of the molecule is C=C(C)CCC[N+](C)(C)C.[Cl-]. The van der Waals surface area contributed by atoms with E-state index in [1.165, 1.54) is 25.0 Å². The van der Waals surface area contributed by atoms with Crippen LogP contribution in [0.15, 0.2) is 12.2 Å². The molecule has 0 aromatic rings. The molecule has 1 nitrogen and oxygen atoms in total. The molecule has 0 bridgehead atoms. The molecule has 0 aliphatic carbocycles. The van der Waals surface area contributed by atoms with E-state index in [1.54, 1.807) is 0 Å². The molecule has 0 saturated heterocycles. The average molecular weight is 178 g/mol. The lowest BCUT2D eigenvalue weighted by molar-refractivity contribution is -0.870. The van der Waals surface area contributed by atoms with E-state index in [4.69, 9.17) is 0 Å². The molecular weight excluding hydrogens is 158 g/mol. The Balaban J connectivity index is 0. The van der Waals surface area contributed by atoms with Crippen LogP contribution in [0, 0.1) is 0 Å². The van der Waals surface area contributed by atoms with Crippen molar-refractivity contribution in [2.24, 2.45) is 0 Å². The van der Waals surface area contributed by atoms with Crippen LogP contribution in [0.1, 0.15) is 19.8 Å². The van der Waals surface area contributed by atoms with Crippen LogP contribution in [-0.4, -0.2) is 32.2 Å². The van der Waals surface area contributed by atoms with Gasteiger partial charge in [0.15, 0.2) is 0 Å². The van der Waals surface area contributed by atoms with E-state index in [2.05, 4.69) is 34.6 Å². The zero-order chi connectivity index (χ0) is 8.20. The lowest BCUT2D eigenvalue weighted by atomic mass is 10.2. The summed E-state index contributed by atoms with van der Waals surface area (Å²) >= 11 is 0. The maximum Gasteiger partial charge on any atom is 0.0783 e. The Morgan fingerprint density at radius 2 is 1.73 bits per heavy atom. The Hall–Kier alpha value is -0.0100. The maximum absolute atomic E-state index is 3.87. The first-order valence-electron chi connectivity index (χ1n) is 3.86. The third-order valence-electron chi connectivity index (χ3n) is 1.43. The van der Waals surface area contributed by atoms with Gasteiger partial charge < -0.3 is 16.9 Å². The van der Waals surface area contributed by atoms with Gasteiger partial charge in [0, 0.05) is 6.42 Å². The van der Waals surface area contributed by atoms with Gasteiger partial charge in [-0.05, 0) is 13.3 Å². The molecule has 2 heteroatoms. The van der Waals surface area contributed by atoms with Crippen LogP contribution in [0.5, 0.6) is 0 Å². The largest absolute Gasteiger partial charge is 1.00 e. The van der Waals surface area contributed by atoms with Gasteiger partial charge in [-0.15, -0.1) is 6.58 Å². The van der Waals surface area contributed by atoms with Gasteiger partial charge in [-0.25, -0.2) is 0 Å². The Kier molecular flexibility index (Phi) is 6.93. The fraction of sp³-hybridized carbons (Fsp3) is 0.778. The molecule has 0 aliphatic rings. The Labute approximate surface area is 77.1 Å². The predicted octanol–water partition coefficient (Wildman–Crippen LogP) is -0.947. The highest BCUT2D eigenvalue weighted by atomic mass is 35.5. The van der Waals surface area contributed by atoms with E-state index in [9.17, 15) is 0 Å². The van der Waals surface area contributed by atoms with Gasteiger partial charge in [-0.3, -0.25) is 0 Å². The van der Waals surface area contributed by atoms with Crippen LogP contribution in [0.25, 0.3) is 0 Å². The minimum absolute atomic E-state index is 0. The molecular formula is C9H20ClN. The smallest absolute Gasteiger partial charge is 0.0783 e. The van der Waals surface area contributed by atoms with Crippen molar-refractivity contribution < 1.29 is 16.9 Å². The van der Waals surface area contributed by atoms with Gasteiger partial charge in [0.05, 0.1) is 27.7 Å². The summed E-state index contributed by atoms with van der Waals surface area (Å²) in [7, 11) is 6.66. The molecule has 0 fully saturated rings. The molecule has 0 unspecified atom stereocenters. The number of hydrogen-bond acceptors (Lipinski definition) is 0. The van der Waals surface area contributed by atoms with E-state index < -0.39 is 0 Å². The second-order valence-corrected chi connectivity index (χ2v) is 4.07. The van der Waals surface area contributed by atoms with Crippen molar-refractivity contribution in [2.75, 3.05) is 27.7 Å². The number of nitrogens with zero attached hydrogens (tertiary/aromatic N) is 1. The fourth-order valence-corrected chi connectivity index (χ4v) is 0.855. The van der Waals surface area contributed by atoms with Gasteiger partial charge in [0.2, 0.25) is 0 Å². The zero-order valence-corrected chi connectivity index (χ0v) is 8.91. The molecule has 11 heavy (non-hydrogen) atoms. The minimum Gasteiger partial charge on any atom is -1.00 e. The van der Waals surface area contributed by atoms with E-state index in [-0.39, 0.29) is 12.4 Å². The predicted molar refractivity (Wildman–Crippen MR) is 46.9 cm³/mol. The van der Waals surface area contributed by atoms with Crippen molar-refractivity contribution in [2.45, 2.75) is 19.8 Å². The van der Waals surface area contributed by atoms with Crippen LogP contribution in [-0.2, 0) is 0 Å². The van der Waals surface area contributed by atoms with Crippen molar-refractivity contribution in [1.82, 2.24) is 0 Å². The van der Waals surface area contributed by atoms with Crippen LogP contribution in [0.3, 0.4) is 0 Å². The first kappa shape index (κ1) is 13.6. The van der Waals surface area contributed by atoms with Crippen molar-refractivity contribution in [3.63, 3.8) is 0 Å². The van der Waals surface area contributed by atoms with Gasteiger partial charge in [-0.2, -0.15) is 0 Å². The summed E-state index contributed by atoms with van der Waals surface area (Å²) in [6, 6.07) is 0. The number of quaternary nitrogens is 1. The molecule has 0 aromatic heterocycles. The summed E-state index contributed by atoms with van der Waals surface area (Å²) in [5.74, 6) is 0. The Morgan fingerprint density at radius 1 is 1.27 bits per heavy atom. The van der Waals surface area contributed by atoms with Crippen LogP contribution >= 0.6 is 0 Å². The van der Waals surface area contributed by atoms with Crippen molar-refractivity contribution >= 4 is 0 Å². The normalized spacial score (nSPS) is 10.5. The second-order valence-electron chi connectivity index (χ2n) is 4.07. The van der Waals surface area contributed by atoms with E-state index in [0.717, 1.165) is 4.48 Å². The molecule has 0 spiro atoms. The maximum atomic E-state index is 3.87. The van der Waals surface area contributed by atoms with Gasteiger partial charge in [0.1, 0.15) is 0 Å². The Bertz CT molecular complexity index is 113. The lowest BCUT2D eigenvalue weighted by Gasteiger charge is -2.23. The zero-order valence-electron chi connectivity index (χ0n) is 8.15. The van der Waals surface area contributed by atoms with E-state index >= 15 is 0 Å². The van der Waals surface area contributed by atoms with Crippen molar-refractivity contribution in [1.29, 1.82) is 0 Å². The number of halogens is 1. The molecule has 0 aliphatic heterocycles. The molecule has 0 radical (unpaired) electrons. The lowest BCUT2D eigenvalue weighted by Crippen LogP contribution is -3.00.